The Balaban J connectivity index is 1.09. The molecule has 7 aromatic carbocycles. The molecule has 36 heteroatoms. The third-order valence-electron chi connectivity index (χ3n) is 19.9. The van der Waals surface area contributed by atoms with Gasteiger partial charge in [0.25, 0.3) is 0 Å². The summed E-state index contributed by atoms with van der Waals surface area (Å²) in [5.41, 5.74) is 10.9. The number of hydrogen-bond donors (Lipinski definition) is 18. The predicted molar refractivity (Wildman–Crippen MR) is 420 cm³/mol. The summed E-state index contributed by atoms with van der Waals surface area (Å²) in [5.74, 6) is -16.3. The van der Waals surface area contributed by atoms with Crippen LogP contribution in [-0.4, -0.2) is 190 Å². The number of rotatable bonds is 25. The number of nitrogens with one attached hydrogen (secondary N) is 6. The standard InChI is InChI=1S/C82H92Cl2N8O26/c1-37(2)12-24-62(98)90-68-69(100)45-20-23-56(51(84)28-45)116-58-30-46-29-57(72(58)118-81-73(71(102)70(101)60(35-93)117-81)114-39(4)113-38(3)74(103)82(5,6)87-34-59(79(108)109)112-36-41-13-17-43(18-14-41)42-10-8-7-9-11-42)115-55-22-15-40(26-50(55)83)16-25-63(99)89-67(80(110)111)49-31-47(94)32-54(96)64(49)48-27-44(19-21-53(48)95)65(75(86)104)91-77(106)66(46)92-76(105)52(33-61(85)97)88-78(68)107/h7-11,13-15,17-23,26-32,37-39,52,59-60,65-71,73-74,81,87,93-96,100-103H,12,16,24-25,33-36H2,1-6H3,(H2,85,97)(H2,86,104)(H,88,107)(H,89,99)(H,90,98)(H,91,106)(H,92,105)(H,108,109)(H,110,111)/t38?,39?,52-,59?,60?,65+,66+,67+,68?,69+,70?,71?,73?,74?,81?/m0/s1. The van der Waals surface area contributed by atoms with Gasteiger partial charge in [-0.3, -0.25) is 33.6 Å². The molecule has 630 valence electrons. The number of aromatic hydroxyl groups is 3. The Bertz CT molecular complexity index is 4870. The number of aliphatic hydroxyl groups is 5. The molecule has 5 aliphatic heterocycles. The largest absolute Gasteiger partial charge is 0.508 e. The number of fused-ring (bicyclic) bond motifs is 16. The number of amides is 7. The number of carbonyl (C=O) groups excluding carboxylic acids is 7. The molecule has 0 aliphatic carbocycles. The van der Waals surface area contributed by atoms with Gasteiger partial charge in [0.15, 0.2) is 36.0 Å². The maximum atomic E-state index is 15.9. The van der Waals surface area contributed by atoms with Crippen LogP contribution in [0.5, 0.6) is 46.0 Å². The van der Waals surface area contributed by atoms with Gasteiger partial charge in [0.2, 0.25) is 53.4 Å². The quantitative estimate of drug-likeness (QED) is 0.0319. The van der Waals surface area contributed by atoms with Crippen LogP contribution in [-0.2, 0) is 75.1 Å². The van der Waals surface area contributed by atoms with Gasteiger partial charge in [0.1, 0.15) is 77.3 Å². The first-order chi connectivity index (χ1) is 55.9. The summed E-state index contributed by atoms with van der Waals surface area (Å²) < 4.78 is 44.7. The minimum atomic E-state index is -2.32. The lowest BCUT2D eigenvalue weighted by Gasteiger charge is -2.43. The molecule has 5 aliphatic rings. The molecule has 5 heterocycles. The molecular formula is C82H92Cl2N8O26. The Labute approximate surface area is 685 Å². The molecule has 1 saturated heterocycles. The summed E-state index contributed by atoms with van der Waals surface area (Å²) in [7, 11) is 0. The van der Waals surface area contributed by atoms with Crippen LogP contribution in [0.2, 0.25) is 10.0 Å². The van der Waals surface area contributed by atoms with Crippen molar-refractivity contribution in [3.63, 3.8) is 0 Å². The van der Waals surface area contributed by atoms with Gasteiger partial charge in [-0.1, -0.05) is 110 Å². The van der Waals surface area contributed by atoms with Crippen molar-refractivity contribution in [2.45, 2.75) is 177 Å². The van der Waals surface area contributed by atoms with E-state index in [1.54, 1.807) is 13.8 Å². The molecule has 9 bridgehead atoms. The number of benzene rings is 7. The second-order valence-electron chi connectivity index (χ2n) is 29.6. The van der Waals surface area contributed by atoms with Crippen LogP contribution in [0.25, 0.3) is 22.3 Å². The first-order valence-corrected chi connectivity index (χ1v) is 38.1. The second kappa shape index (κ2) is 38.9. The zero-order chi connectivity index (χ0) is 85.9. The third-order valence-corrected chi connectivity index (χ3v) is 20.5. The molecule has 0 saturated carbocycles. The van der Waals surface area contributed by atoms with E-state index < -0.39 is 227 Å². The highest BCUT2D eigenvalue weighted by atomic mass is 35.5. The van der Waals surface area contributed by atoms with E-state index in [4.69, 9.17) is 67.8 Å². The third kappa shape index (κ3) is 21.9. The van der Waals surface area contributed by atoms with Crippen LogP contribution in [0.3, 0.4) is 0 Å². The van der Waals surface area contributed by atoms with E-state index in [0.29, 0.717) is 17.5 Å². The molecule has 12 rings (SSSR count). The number of primary amides is 2. The zero-order valence-electron chi connectivity index (χ0n) is 64.5. The normalized spacial score (nSPS) is 22.2. The number of hydrogen-bond acceptors (Lipinski definition) is 25. The van der Waals surface area contributed by atoms with Crippen LogP contribution in [0.4, 0.5) is 0 Å². The van der Waals surface area contributed by atoms with Crippen LogP contribution in [0.15, 0.2) is 133 Å². The van der Waals surface area contributed by atoms with Crippen molar-refractivity contribution < 1.29 is 127 Å². The highest BCUT2D eigenvalue weighted by Crippen LogP contribution is 2.49. The molecule has 10 unspecified atom stereocenters. The van der Waals surface area contributed by atoms with E-state index in [2.05, 4.69) is 31.9 Å². The first-order valence-electron chi connectivity index (χ1n) is 37.4. The van der Waals surface area contributed by atoms with Gasteiger partial charge in [-0.15, -0.1) is 0 Å². The minimum Gasteiger partial charge on any atom is -0.508 e. The number of aliphatic carboxylic acids is 2. The molecule has 15 atom stereocenters. The lowest BCUT2D eigenvalue weighted by Crippen LogP contribution is -2.62. The summed E-state index contributed by atoms with van der Waals surface area (Å²) in [6.45, 7) is 8.17. The average Bonchev–Trinajstić information content (AvgIpc) is 0.771. The van der Waals surface area contributed by atoms with Crippen LogP contribution in [0, 0.1) is 5.92 Å². The zero-order valence-corrected chi connectivity index (χ0v) is 66.0. The maximum absolute atomic E-state index is 15.9. The highest BCUT2D eigenvalue weighted by molar-refractivity contribution is 6.32. The van der Waals surface area contributed by atoms with Gasteiger partial charge in [-0.05, 0) is 140 Å². The summed E-state index contributed by atoms with van der Waals surface area (Å²) >= 11 is 14.2. The number of carboxylic acid groups (broad SMARTS) is 2. The predicted octanol–water partition coefficient (Wildman–Crippen LogP) is 5.40. The number of nitrogens with two attached hydrogens (primary N) is 2. The van der Waals surface area contributed by atoms with E-state index >= 15 is 9.59 Å². The number of aliphatic hydroxyl groups excluding tert-OH is 5. The molecule has 0 spiro atoms. The second-order valence-corrected chi connectivity index (χ2v) is 30.4. The summed E-state index contributed by atoms with van der Waals surface area (Å²) in [6, 6.07) is 20.6. The fourth-order valence-corrected chi connectivity index (χ4v) is 14.0. The van der Waals surface area contributed by atoms with E-state index in [1.165, 1.54) is 44.2 Å². The Kier molecular flexibility index (Phi) is 29.4. The molecule has 20 N–H and O–H groups in total. The van der Waals surface area contributed by atoms with Crippen molar-refractivity contribution >= 4 is 76.5 Å². The molecule has 0 aromatic heterocycles. The van der Waals surface area contributed by atoms with Crippen molar-refractivity contribution in [2.75, 3.05) is 13.2 Å². The smallest absolute Gasteiger partial charge is 0.334 e. The fraction of sp³-hybridized carbons (Fsp3) is 0.378. The van der Waals surface area contributed by atoms with Gasteiger partial charge in [0.05, 0.1) is 41.9 Å². The molecule has 7 aromatic rings. The number of ether oxygens (including phenoxy) is 7. The summed E-state index contributed by atoms with van der Waals surface area (Å²) in [4.78, 5) is 126. The molecule has 118 heavy (non-hydrogen) atoms. The van der Waals surface area contributed by atoms with Crippen molar-refractivity contribution in [1.82, 2.24) is 31.9 Å². The number of halogens is 2. The Morgan fingerprint density at radius 3 is 1.96 bits per heavy atom. The van der Waals surface area contributed by atoms with E-state index in [9.17, 15) is 84.6 Å². The highest BCUT2D eigenvalue weighted by Gasteiger charge is 2.49. The maximum Gasteiger partial charge on any atom is 0.334 e. The lowest BCUT2D eigenvalue weighted by molar-refractivity contribution is -0.320. The van der Waals surface area contributed by atoms with Gasteiger partial charge in [-0.25, -0.2) is 9.59 Å². The van der Waals surface area contributed by atoms with Crippen LogP contribution < -0.4 is 57.6 Å². The van der Waals surface area contributed by atoms with E-state index in [-0.39, 0.29) is 64.6 Å². The summed E-state index contributed by atoms with van der Waals surface area (Å²) in [6.07, 6.45) is -19.1. The van der Waals surface area contributed by atoms with Crippen molar-refractivity contribution in [2.24, 2.45) is 17.4 Å². The van der Waals surface area contributed by atoms with Gasteiger partial charge >= 0.3 is 11.9 Å². The first kappa shape index (κ1) is 89.1. The van der Waals surface area contributed by atoms with Crippen LogP contribution in [0.1, 0.15) is 125 Å². The Morgan fingerprint density at radius 1 is 0.686 bits per heavy atom. The van der Waals surface area contributed by atoms with Crippen LogP contribution >= 0.6 is 23.2 Å². The Morgan fingerprint density at radius 2 is 1.34 bits per heavy atom. The lowest BCUT2D eigenvalue weighted by atomic mass is 9.90. The molecule has 1 fully saturated rings. The number of phenolic OH excluding ortho intramolecular Hbond substituents is 3. The minimum absolute atomic E-state index is 0.0281. The number of carbonyl (C=O) groups is 9. The van der Waals surface area contributed by atoms with E-state index in [1.807, 2.05) is 68.4 Å². The number of aryl methyl sites for hydroxylation is 1. The van der Waals surface area contributed by atoms with Gasteiger partial charge in [-0.2, -0.15) is 0 Å². The fourth-order valence-electron chi connectivity index (χ4n) is 13.5. The topological polar surface area (TPSA) is 545 Å². The average molecular weight is 1680 g/mol. The molecule has 0 radical (unpaired) electrons. The van der Waals surface area contributed by atoms with Crippen molar-refractivity contribution in [3.05, 3.63) is 177 Å². The number of carboxylic acids is 2. The molecule has 7 amide bonds. The van der Waals surface area contributed by atoms with E-state index in [0.717, 1.165) is 59.7 Å². The van der Waals surface area contributed by atoms with Crippen molar-refractivity contribution in [3.8, 4) is 68.2 Å². The summed E-state index contributed by atoms with van der Waals surface area (Å²) in [5, 5.41) is 128. The van der Waals surface area contributed by atoms with Crippen molar-refractivity contribution in [1.29, 1.82) is 0 Å². The molecular weight excluding hydrogens is 1580 g/mol. The molecule has 34 nitrogen and oxygen atoms in total. The Hall–Kier alpha value is -11.3. The van der Waals surface area contributed by atoms with Gasteiger partial charge < -0.3 is 128 Å². The number of phenols is 3. The van der Waals surface area contributed by atoms with Gasteiger partial charge in [0, 0.05) is 47.7 Å². The SMILES string of the molecule is CC(C)CCC(=O)NC1C(=O)N[C@@H](CC(N)=O)C(=O)N[C@H]2C(=O)N[C@@H](C(N)=O)c3ccc(O)c(c3)-c3c(O)cc(O)cc3[C@H](C(=O)O)NC(=O)CCc3ccc(c(Cl)c3)Oc3cc2cc(c3OC2OC(CO)C(O)C(O)C2OC(C)OC(C)C(O)C(C)(C)NCC(OCc2ccc(-c3ccccc3)cc2)C(=O)O)Oc2ccc(cc2Cl)[C@H]1O. The monoisotopic (exact) mass is 1670 g/mol.